The summed E-state index contributed by atoms with van der Waals surface area (Å²) in [5.74, 6) is 0.966. The van der Waals surface area contributed by atoms with E-state index in [0.29, 0.717) is 13.0 Å². The molecule has 4 rings (SSSR count). The summed E-state index contributed by atoms with van der Waals surface area (Å²) < 4.78 is 10.7. The highest BCUT2D eigenvalue weighted by Gasteiger charge is 2.42. The summed E-state index contributed by atoms with van der Waals surface area (Å²) in [7, 11) is 3.19. The third kappa shape index (κ3) is 6.15. The van der Waals surface area contributed by atoms with Gasteiger partial charge < -0.3 is 20.1 Å². The maximum Gasteiger partial charge on any atom is 0.305 e. The van der Waals surface area contributed by atoms with Crippen molar-refractivity contribution < 1.29 is 14.3 Å². The number of nitrogens with one attached hydrogen (secondary N) is 2. The number of carbonyl (C=O) groups is 1. The molecular weight excluding hydrogens is 448 g/mol. The molecule has 1 aliphatic rings. The molecule has 36 heavy (non-hydrogen) atoms. The third-order valence-electron chi connectivity index (χ3n) is 7.26. The van der Waals surface area contributed by atoms with Gasteiger partial charge in [-0.1, -0.05) is 86.1 Å². The Balaban J connectivity index is 1.66. The number of hydrogen-bond donors (Lipinski definition) is 2. The van der Waals surface area contributed by atoms with Gasteiger partial charge in [-0.05, 0) is 35.1 Å². The lowest BCUT2D eigenvalue weighted by Crippen LogP contribution is -2.47. The molecule has 0 bridgehead atoms. The Hall–Kier alpha value is -3.15. The van der Waals surface area contributed by atoms with Gasteiger partial charge in [-0.25, -0.2) is 0 Å². The highest BCUT2D eigenvalue weighted by molar-refractivity contribution is 5.69. The van der Waals surface area contributed by atoms with E-state index in [4.69, 9.17) is 9.47 Å². The van der Waals surface area contributed by atoms with Crippen LogP contribution < -0.4 is 15.4 Å². The molecular formula is C31H38N2O3. The molecule has 1 saturated heterocycles. The predicted molar refractivity (Wildman–Crippen MR) is 144 cm³/mol. The molecule has 0 saturated carbocycles. The minimum Gasteiger partial charge on any atom is -0.496 e. The number of hydrogen-bond acceptors (Lipinski definition) is 5. The molecule has 1 aliphatic heterocycles. The second-order valence-corrected chi connectivity index (χ2v) is 9.58. The van der Waals surface area contributed by atoms with Crippen LogP contribution in [0, 0.1) is 5.92 Å². The lowest BCUT2D eigenvalue weighted by molar-refractivity contribution is -0.141. The Bertz CT molecular complexity index is 1060. The van der Waals surface area contributed by atoms with E-state index < -0.39 is 0 Å². The zero-order valence-corrected chi connectivity index (χ0v) is 21.6. The van der Waals surface area contributed by atoms with Crippen LogP contribution in [-0.2, 0) is 22.5 Å². The molecule has 3 aromatic carbocycles. The Morgan fingerprint density at radius 2 is 1.67 bits per heavy atom. The lowest BCUT2D eigenvalue weighted by Gasteiger charge is -2.32. The summed E-state index contributed by atoms with van der Waals surface area (Å²) in [6, 6.07) is 27.9. The quantitative estimate of drug-likeness (QED) is 0.370. The van der Waals surface area contributed by atoms with Crippen LogP contribution in [0.15, 0.2) is 78.9 Å². The van der Waals surface area contributed by atoms with Gasteiger partial charge in [0.2, 0.25) is 0 Å². The smallest absolute Gasteiger partial charge is 0.305 e. The monoisotopic (exact) mass is 486 g/mol. The van der Waals surface area contributed by atoms with Crippen LogP contribution in [-0.4, -0.2) is 38.8 Å². The summed E-state index contributed by atoms with van der Waals surface area (Å²) >= 11 is 0. The number of carbonyl (C=O) groups excluding carboxylic acids is 1. The van der Waals surface area contributed by atoms with Crippen molar-refractivity contribution in [2.45, 2.75) is 50.7 Å². The first-order valence-electron chi connectivity index (χ1n) is 12.9. The SMILES string of the molecule is CCCc1ccc(OC)c(CNC2C(CC(=O)OC)CNC2C(c2ccccc2)c2ccccc2)c1. The summed E-state index contributed by atoms with van der Waals surface area (Å²) in [5.41, 5.74) is 4.97. The van der Waals surface area contributed by atoms with Crippen LogP contribution in [0.4, 0.5) is 0 Å². The van der Waals surface area contributed by atoms with Crippen LogP contribution >= 0.6 is 0 Å². The van der Waals surface area contributed by atoms with Gasteiger partial charge in [-0.3, -0.25) is 4.79 Å². The van der Waals surface area contributed by atoms with E-state index in [1.807, 2.05) is 0 Å². The molecule has 1 fully saturated rings. The minimum atomic E-state index is -0.173. The number of rotatable bonds is 11. The highest BCUT2D eigenvalue weighted by atomic mass is 16.5. The predicted octanol–water partition coefficient (Wildman–Crippen LogP) is 5.09. The summed E-state index contributed by atoms with van der Waals surface area (Å²) in [4.78, 5) is 12.3. The topological polar surface area (TPSA) is 59.6 Å². The fraction of sp³-hybridized carbons (Fsp3) is 0.387. The molecule has 3 atom stereocenters. The van der Waals surface area contributed by atoms with Gasteiger partial charge in [-0.2, -0.15) is 0 Å². The zero-order chi connectivity index (χ0) is 25.3. The Kier molecular flexibility index (Phi) is 9.15. The molecule has 0 aromatic heterocycles. The summed E-state index contributed by atoms with van der Waals surface area (Å²) in [6.45, 7) is 3.61. The molecule has 190 valence electrons. The largest absolute Gasteiger partial charge is 0.496 e. The lowest BCUT2D eigenvalue weighted by atomic mass is 9.80. The van der Waals surface area contributed by atoms with Crippen LogP contribution in [0.5, 0.6) is 5.75 Å². The number of aryl methyl sites for hydroxylation is 1. The van der Waals surface area contributed by atoms with Crippen molar-refractivity contribution >= 4 is 5.97 Å². The Morgan fingerprint density at radius 3 is 2.25 bits per heavy atom. The molecule has 0 spiro atoms. The second kappa shape index (κ2) is 12.7. The Labute approximate surface area is 215 Å². The van der Waals surface area contributed by atoms with Crippen molar-refractivity contribution in [3.05, 3.63) is 101 Å². The fourth-order valence-corrected chi connectivity index (χ4v) is 5.52. The number of ether oxygens (including phenoxy) is 2. The van der Waals surface area contributed by atoms with E-state index >= 15 is 0 Å². The standard InChI is InChI=1S/C31H38N2O3/c1-4-11-22-16-17-27(35-2)25(18-22)20-32-30-26(19-28(34)36-3)21-33-31(30)29(23-12-7-5-8-13-23)24-14-9-6-10-15-24/h5-10,12-18,26,29-33H,4,11,19-21H2,1-3H3. The third-order valence-corrected chi connectivity index (χ3v) is 7.26. The number of benzene rings is 3. The molecule has 5 nitrogen and oxygen atoms in total. The van der Waals surface area contributed by atoms with Crippen molar-refractivity contribution in [2.75, 3.05) is 20.8 Å². The molecule has 0 aliphatic carbocycles. The molecule has 2 N–H and O–H groups in total. The molecule has 1 heterocycles. The highest BCUT2D eigenvalue weighted by Crippen LogP contribution is 2.35. The van der Waals surface area contributed by atoms with Crippen molar-refractivity contribution in [1.29, 1.82) is 0 Å². The van der Waals surface area contributed by atoms with Crippen molar-refractivity contribution in [2.24, 2.45) is 5.92 Å². The maximum absolute atomic E-state index is 12.3. The maximum atomic E-state index is 12.3. The average molecular weight is 487 g/mol. The van der Waals surface area contributed by atoms with Crippen LogP contribution in [0.3, 0.4) is 0 Å². The van der Waals surface area contributed by atoms with E-state index in [1.165, 1.54) is 23.8 Å². The fourth-order valence-electron chi connectivity index (χ4n) is 5.52. The van der Waals surface area contributed by atoms with Gasteiger partial charge in [-0.15, -0.1) is 0 Å². The normalized spacial score (nSPS) is 19.4. The van der Waals surface area contributed by atoms with Crippen LogP contribution in [0.1, 0.15) is 47.9 Å². The molecule has 0 amide bonds. The van der Waals surface area contributed by atoms with E-state index in [9.17, 15) is 4.79 Å². The number of esters is 1. The first-order chi connectivity index (χ1) is 17.6. The van der Waals surface area contributed by atoms with Crippen molar-refractivity contribution in [3.63, 3.8) is 0 Å². The van der Waals surface area contributed by atoms with Gasteiger partial charge in [0.25, 0.3) is 0 Å². The van der Waals surface area contributed by atoms with Crippen molar-refractivity contribution in [3.8, 4) is 5.75 Å². The van der Waals surface area contributed by atoms with Gasteiger partial charge >= 0.3 is 5.97 Å². The van der Waals surface area contributed by atoms with Crippen molar-refractivity contribution in [1.82, 2.24) is 10.6 Å². The van der Waals surface area contributed by atoms with Gasteiger partial charge in [0.15, 0.2) is 0 Å². The number of methoxy groups -OCH3 is 2. The Morgan fingerprint density at radius 1 is 1.00 bits per heavy atom. The van der Waals surface area contributed by atoms with Gasteiger partial charge in [0.1, 0.15) is 5.75 Å². The summed E-state index contributed by atoms with van der Waals surface area (Å²) in [5, 5.41) is 7.62. The van der Waals surface area contributed by atoms with E-state index in [1.54, 1.807) is 7.11 Å². The van der Waals surface area contributed by atoms with E-state index in [-0.39, 0.29) is 29.9 Å². The molecule has 5 heteroatoms. The average Bonchev–Trinajstić information content (AvgIpc) is 3.30. The van der Waals surface area contributed by atoms with Crippen LogP contribution in [0.25, 0.3) is 0 Å². The zero-order valence-electron chi connectivity index (χ0n) is 21.6. The first kappa shape index (κ1) is 25.9. The summed E-state index contributed by atoms with van der Waals surface area (Å²) in [6.07, 6.45) is 2.52. The molecule has 0 radical (unpaired) electrons. The minimum absolute atomic E-state index is 0.0639. The van der Waals surface area contributed by atoms with Gasteiger partial charge in [0, 0.05) is 36.7 Å². The molecule has 3 unspecified atom stereocenters. The second-order valence-electron chi connectivity index (χ2n) is 9.58. The van der Waals surface area contributed by atoms with E-state index in [2.05, 4.69) is 96.4 Å². The molecule has 3 aromatic rings. The van der Waals surface area contributed by atoms with Crippen LogP contribution in [0.2, 0.25) is 0 Å². The first-order valence-corrected chi connectivity index (χ1v) is 12.9. The van der Waals surface area contributed by atoms with E-state index in [0.717, 1.165) is 30.7 Å². The van der Waals surface area contributed by atoms with Gasteiger partial charge in [0.05, 0.1) is 20.6 Å².